The zero-order chi connectivity index (χ0) is 11.9. The first-order valence-electron chi connectivity index (χ1n) is 5.92. The summed E-state index contributed by atoms with van der Waals surface area (Å²) in [7, 11) is 0. The van der Waals surface area contributed by atoms with Crippen LogP contribution in [-0.2, 0) is 5.60 Å². The molecule has 0 aliphatic rings. The van der Waals surface area contributed by atoms with Gasteiger partial charge in [-0.3, -0.25) is 0 Å². The number of nitriles is 1. The van der Waals surface area contributed by atoms with E-state index >= 15 is 0 Å². The number of hydrogen-bond donors (Lipinski definition) is 1. The van der Waals surface area contributed by atoms with E-state index in [1.165, 1.54) is 0 Å². The standard InChI is InChI=1S/C14H19NO/c1-2-3-4-8-11-14(16,12-15)13-9-6-5-7-10-13/h5-7,9-10,16H,2-4,8,11H2,1H3/t14-/m0/s1. The Bertz CT molecular complexity index is 342. The summed E-state index contributed by atoms with van der Waals surface area (Å²) < 4.78 is 0. The van der Waals surface area contributed by atoms with Gasteiger partial charge in [-0.05, 0) is 18.4 Å². The summed E-state index contributed by atoms with van der Waals surface area (Å²) in [4.78, 5) is 0. The Morgan fingerprint density at radius 1 is 1.19 bits per heavy atom. The smallest absolute Gasteiger partial charge is 0.176 e. The summed E-state index contributed by atoms with van der Waals surface area (Å²) >= 11 is 0. The molecule has 0 aliphatic carbocycles. The lowest BCUT2D eigenvalue weighted by atomic mass is 9.89. The van der Waals surface area contributed by atoms with E-state index < -0.39 is 5.60 Å². The van der Waals surface area contributed by atoms with E-state index in [0.717, 1.165) is 25.7 Å². The second-order valence-electron chi connectivity index (χ2n) is 4.15. The minimum absolute atomic E-state index is 0.521. The third-order valence-electron chi connectivity index (χ3n) is 2.83. The lowest BCUT2D eigenvalue weighted by Crippen LogP contribution is -2.23. The molecule has 86 valence electrons. The topological polar surface area (TPSA) is 44.0 Å². The van der Waals surface area contributed by atoms with E-state index in [0.29, 0.717) is 12.0 Å². The van der Waals surface area contributed by atoms with Gasteiger partial charge in [0.2, 0.25) is 0 Å². The Morgan fingerprint density at radius 3 is 2.44 bits per heavy atom. The van der Waals surface area contributed by atoms with Gasteiger partial charge >= 0.3 is 0 Å². The van der Waals surface area contributed by atoms with Crippen LogP contribution in [0.3, 0.4) is 0 Å². The Hall–Kier alpha value is -1.33. The molecule has 1 aromatic rings. The van der Waals surface area contributed by atoms with Crippen LogP contribution >= 0.6 is 0 Å². The van der Waals surface area contributed by atoms with Gasteiger partial charge in [-0.25, -0.2) is 0 Å². The summed E-state index contributed by atoms with van der Waals surface area (Å²) in [5.41, 5.74) is -0.608. The molecule has 2 nitrogen and oxygen atoms in total. The molecule has 0 bridgehead atoms. The van der Waals surface area contributed by atoms with Gasteiger partial charge in [-0.15, -0.1) is 0 Å². The monoisotopic (exact) mass is 217 g/mol. The molecule has 2 heteroatoms. The van der Waals surface area contributed by atoms with Crippen molar-refractivity contribution in [2.75, 3.05) is 0 Å². The fourth-order valence-corrected chi connectivity index (χ4v) is 1.79. The van der Waals surface area contributed by atoms with Crippen molar-refractivity contribution in [2.24, 2.45) is 0 Å². The molecule has 0 unspecified atom stereocenters. The normalized spacial score (nSPS) is 14.1. The number of aliphatic hydroxyl groups is 1. The van der Waals surface area contributed by atoms with Gasteiger partial charge in [0.1, 0.15) is 6.07 Å². The highest BCUT2D eigenvalue weighted by Crippen LogP contribution is 2.26. The summed E-state index contributed by atoms with van der Waals surface area (Å²) in [6.45, 7) is 2.15. The first-order chi connectivity index (χ1) is 7.73. The SMILES string of the molecule is CCCCCC[C@](O)(C#N)c1ccccc1. The molecule has 0 saturated heterocycles. The van der Waals surface area contributed by atoms with Crippen molar-refractivity contribution in [3.63, 3.8) is 0 Å². The van der Waals surface area contributed by atoms with Crippen LogP contribution in [-0.4, -0.2) is 5.11 Å². The van der Waals surface area contributed by atoms with Crippen molar-refractivity contribution in [3.8, 4) is 6.07 Å². The quantitative estimate of drug-likeness (QED) is 0.586. The molecule has 1 rings (SSSR count). The molecule has 1 aromatic carbocycles. The van der Waals surface area contributed by atoms with E-state index in [2.05, 4.69) is 6.92 Å². The predicted octanol–water partition coefficient (Wildman–Crippen LogP) is 3.37. The van der Waals surface area contributed by atoms with Crippen molar-refractivity contribution >= 4 is 0 Å². The van der Waals surface area contributed by atoms with Crippen LogP contribution < -0.4 is 0 Å². The Labute approximate surface area is 97.5 Å². The zero-order valence-electron chi connectivity index (χ0n) is 9.82. The molecule has 1 N–H and O–H groups in total. The fourth-order valence-electron chi connectivity index (χ4n) is 1.79. The second kappa shape index (κ2) is 6.30. The number of hydrogen-bond acceptors (Lipinski definition) is 2. The van der Waals surface area contributed by atoms with Crippen molar-refractivity contribution in [2.45, 2.75) is 44.6 Å². The van der Waals surface area contributed by atoms with E-state index in [9.17, 15) is 5.11 Å². The number of rotatable bonds is 6. The molecule has 0 spiro atoms. The average molecular weight is 217 g/mol. The maximum Gasteiger partial charge on any atom is 0.176 e. The number of benzene rings is 1. The van der Waals surface area contributed by atoms with Gasteiger partial charge in [0.15, 0.2) is 5.60 Å². The third-order valence-corrected chi connectivity index (χ3v) is 2.83. The minimum atomic E-state index is -1.31. The molecule has 0 heterocycles. The first-order valence-corrected chi connectivity index (χ1v) is 5.92. The van der Waals surface area contributed by atoms with Crippen molar-refractivity contribution in [1.29, 1.82) is 5.26 Å². The van der Waals surface area contributed by atoms with Crippen LogP contribution in [0.2, 0.25) is 0 Å². The van der Waals surface area contributed by atoms with Gasteiger partial charge in [0.25, 0.3) is 0 Å². The highest BCUT2D eigenvalue weighted by Gasteiger charge is 2.27. The van der Waals surface area contributed by atoms with Crippen molar-refractivity contribution < 1.29 is 5.11 Å². The fraction of sp³-hybridized carbons (Fsp3) is 0.500. The zero-order valence-corrected chi connectivity index (χ0v) is 9.82. The van der Waals surface area contributed by atoms with Gasteiger partial charge in [-0.1, -0.05) is 56.5 Å². The molecule has 0 radical (unpaired) electrons. The number of unbranched alkanes of at least 4 members (excludes halogenated alkanes) is 3. The molecule has 0 saturated carbocycles. The predicted molar refractivity (Wildman–Crippen MR) is 64.7 cm³/mol. The Kier molecular flexibility index (Phi) is 5.01. The van der Waals surface area contributed by atoms with E-state index in [-0.39, 0.29) is 0 Å². The second-order valence-corrected chi connectivity index (χ2v) is 4.15. The molecule has 0 fully saturated rings. The third kappa shape index (κ3) is 3.36. The van der Waals surface area contributed by atoms with Crippen LogP contribution in [0.25, 0.3) is 0 Å². The van der Waals surface area contributed by atoms with E-state index in [4.69, 9.17) is 5.26 Å². The van der Waals surface area contributed by atoms with Crippen LogP contribution in [0.1, 0.15) is 44.6 Å². The molecular formula is C14H19NO. The average Bonchev–Trinajstić information content (AvgIpc) is 2.35. The largest absolute Gasteiger partial charge is 0.371 e. The maximum absolute atomic E-state index is 10.2. The van der Waals surface area contributed by atoms with Crippen molar-refractivity contribution in [1.82, 2.24) is 0 Å². The van der Waals surface area contributed by atoms with Crippen LogP contribution in [0.4, 0.5) is 0 Å². The molecule has 1 atom stereocenters. The summed E-state index contributed by atoms with van der Waals surface area (Å²) in [6.07, 6.45) is 4.82. The molecule has 0 aliphatic heterocycles. The molecular weight excluding hydrogens is 198 g/mol. The Morgan fingerprint density at radius 2 is 1.88 bits per heavy atom. The van der Waals surface area contributed by atoms with E-state index in [1.54, 1.807) is 0 Å². The maximum atomic E-state index is 10.2. The Balaban J connectivity index is 2.61. The van der Waals surface area contributed by atoms with Crippen LogP contribution in [0, 0.1) is 11.3 Å². The molecule has 0 aromatic heterocycles. The summed E-state index contributed by atoms with van der Waals surface area (Å²) in [6, 6.07) is 11.2. The lowest BCUT2D eigenvalue weighted by Gasteiger charge is -2.20. The molecule has 0 amide bonds. The van der Waals surface area contributed by atoms with E-state index in [1.807, 2.05) is 36.4 Å². The van der Waals surface area contributed by atoms with Crippen LogP contribution in [0.5, 0.6) is 0 Å². The van der Waals surface area contributed by atoms with Crippen molar-refractivity contribution in [3.05, 3.63) is 35.9 Å². The lowest BCUT2D eigenvalue weighted by molar-refractivity contribution is 0.0846. The van der Waals surface area contributed by atoms with Gasteiger partial charge in [0.05, 0.1) is 0 Å². The first kappa shape index (κ1) is 12.7. The van der Waals surface area contributed by atoms with Gasteiger partial charge in [-0.2, -0.15) is 5.26 Å². The highest BCUT2D eigenvalue weighted by molar-refractivity contribution is 5.28. The minimum Gasteiger partial charge on any atom is -0.371 e. The molecule has 16 heavy (non-hydrogen) atoms. The van der Waals surface area contributed by atoms with Crippen LogP contribution in [0.15, 0.2) is 30.3 Å². The summed E-state index contributed by atoms with van der Waals surface area (Å²) in [5, 5.41) is 19.3. The summed E-state index contributed by atoms with van der Waals surface area (Å²) in [5.74, 6) is 0. The van der Waals surface area contributed by atoms with Gasteiger partial charge < -0.3 is 5.11 Å². The van der Waals surface area contributed by atoms with Gasteiger partial charge in [0, 0.05) is 0 Å². The highest BCUT2D eigenvalue weighted by atomic mass is 16.3. The number of nitrogens with zero attached hydrogens (tertiary/aromatic N) is 1.